The predicted octanol–water partition coefficient (Wildman–Crippen LogP) is 5.78. The lowest BCUT2D eigenvalue weighted by Crippen LogP contribution is -2.27. The molecule has 1 aromatic heterocycles. The normalized spacial score (nSPS) is 33.8. The molecule has 2 aromatic rings. The van der Waals surface area contributed by atoms with Gasteiger partial charge in [-0.25, -0.2) is 4.39 Å². The Morgan fingerprint density at radius 2 is 1.89 bits per heavy atom. The topological polar surface area (TPSA) is 42.0 Å². The summed E-state index contributed by atoms with van der Waals surface area (Å²) in [5.41, 5.74) is 2.52. The summed E-state index contributed by atoms with van der Waals surface area (Å²) in [6, 6.07) is 6.96. The fourth-order valence-electron chi connectivity index (χ4n) is 5.91. The molecule has 5 heteroatoms. The summed E-state index contributed by atoms with van der Waals surface area (Å²) in [5, 5.41) is 0.948. The summed E-state index contributed by atoms with van der Waals surface area (Å²) >= 11 is 1.94. The van der Waals surface area contributed by atoms with Crippen molar-refractivity contribution >= 4 is 39.7 Å². The van der Waals surface area contributed by atoms with E-state index in [1.54, 1.807) is 12.1 Å². The first-order valence-corrected chi connectivity index (χ1v) is 10.8. The van der Waals surface area contributed by atoms with Crippen molar-refractivity contribution in [3.63, 3.8) is 0 Å². The van der Waals surface area contributed by atoms with Crippen LogP contribution in [0.3, 0.4) is 0 Å². The predicted molar refractivity (Wildman–Crippen MR) is 114 cm³/mol. The molecule has 1 heterocycles. The van der Waals surface area contributed by atoms with Crippen molar-refractivity contribution in [3.05, 3.63) is 41.8 Å². The van der Waals surface area contributed by atoms with Gasteiger partial charge in [0.1, 0.15) is 5.82 Å². The highest BCUT2D eigenvalue weighted by Gasteiger charge is 2.59. The zero-order chi connectivity index (χ0) is 19.4. The van der Waals surface area contributed by atoms with Gasteiger partial charge in [-0.05, 0) is 78.2 Å². The van der Waals surface area contributed by atoms with Gasteiger partial charge in [0, 0.05) is 17.5 Å². The molecule has 1 aromatic carbocycles. The fourth-order valence-corrected chi connectivity index (χ4v) is 6.40. The summed E-state index contributed by atoms with van der Waals surface area (Å²) in [6.07, 6.45) is 6.21. The highest BCUT2D eigenvalue weighted by Crippen LogP contribution is 2.68. The Kier molecular flexibility index (Phi) is 4.72. The minimum atomic E-state index is -0.203. The van der Waals surface area contributed by atoms with E-state index in [-0.39, 0.29) is 28.5 Å². The van der Waals surface area contributed by atoms with E-state index in [1.807, 2.05) is 29.1 Å². The second kappa shape index (κ2) is 6.68. The van der Waals surface area contributed by atoms with Crippen LogP contribution in [-0.4, -0.2) is 10.9 Å². The van der Waals surface area contributed by atoms with Crippen LogP contribution in [0.1, 0.15) is 57.9 Å². The van der Waals surface area contributed by atoms with Crippen LogP contribution in [-0.2, 0) is 4.79 Å². The number of nitrogens with zero attached hydrogens (tertiary/aromatic N) is 1. The van der Waals surface area contributed by atoms with Crippen LogP contribution in [0.4, 0.5) is 4.39 Å². The van der Waals surface area contributed by atoms with Gasteiger partial charge in [0.2, 0.25) is 5.91 Å². The van der Waals surface area contributed by atoms with E-state index in [9.17, 15) is 9.18 Å². The average molecular weight is 480 g/mol. The van der Waals surface area contributed by atoms with E-state index in [4.69, 9.17) is 0 Å². The molecule has 0 aliphatic heterocycles. The number of hydrogen-bond acceptors (Lipinski definition) is 2. The van der Waals surface area contributed by atoms with Crippen molar-refractivity contribution in [1.29, 1.82) is 0 Å². The maximum absolute atomic E-state index is 13.9. The molecular weight excluding hydrogens is 454 g/mol. The molecule has 5 atom stereocenters. The third kappa shape index (κ3) is 3.06. The van der Waals surface area contributed by atoms with Gasteiger partial charge < -0.3 is 0 Å². The maximum atomic E-state index is 13.9. The third-order valence-electron chi connectivity index (χ3n) is 7.67. The van der Waals surface area contributed by atoms with Crippen LogP contribution in [0.2, 0.25) is 0 Å². The summed E-state index contributed by atoms with van der Waals surface area (Å²) in [6.45, 7) is 6.85. The minimum Gasteiger partial charge on any atom is -0.299 e. The van der Waals surface area contributed by atoms with Crippen LogP contribution < -0.4 is 3.53 Å². The first kappa shape index (κ1) is 19.1. The first-order valence-electron chi connectivity index (χ1n) is 9.71. The van der Waals surface area contributed by atoms with E-state index in [0.29, 0.717) is 11.8 Å². The van der Waals surface area contributed by atoms with E-state index in [2.05, 4.69) is 35.4 Å². The Hall–Kier alpha value is -1.24. The number of benzene rings is 1. The first-order chi connectivity index (χ1) is 12.8. The SMILES string of the molecule is CC(C(=O)NI)[C@@H]1C[C@]2(C)C[C@H](c3ccnc4ccc(F)cc34)C[C@]2(C)C1. The fraction of sp³-hybridized carbons (Fsp3) is 0.545. The van der Waals surface area contributed by atoms with Gasteiger partial charge in [-0.15, -0.1) is 0 Å². The Morgan fingerprint density at radius 1 is 1.22 bits per heavy atom. The maximum Gasteiger partial charge on any atom is 0.231 e. The number of nitrogens with one attached hydrogen (secondary N) is 1. The van der Waals surface area contributed by atoms with E-state index >= 15 is 0 Å². The number of carbonyl (C=O) groups is 1. The molecule has 2 aliphatic carbocycles. The second-order valence-corrected chi connectivity index (χ2v) is 9.74. The average Bonchev–Trinajstić information content (AvgIpc) is 3.04. The Morgan fingerprint density at radius 3 is 2.52 bits per heavy atom. The molecule has 2 aliphatic rings. The van der Waals surface area contributed by atoms with Gasteiger partial charge >= 0.3 is 0 Å². The Bertz CT molecular complexity index is 883. The number of carbonyl (C=O) groups excluding carboxylic acids is 1. The molecule has 4 rings (SSSR count). The molecule has 27 heavy (non-hydrogen) atoms. The summed E-state index contributed by atoms with van der Waals surface area (Å²) in [5.74, 6) is 0.839. The molecule has 1 amide bonds. The highest BCUT2D eigenvalue weighted by molar-refractivity contribution is 14.1. The number of fused-ring (bicyclic) bond motifs is 2. The summed E-state index contributed by atoms with van der Waals surface area (Å²) in [7, 11) is 0. The van der Waals surface area contributed by atoms with E-state index in [1.165, 1.54) is 11.6 Å². The lowest BCUT2D eigenvalue weighted by molar-refractivity contribution is -0.123. The number of pyridine rings is 1. The van der Waals surface area contributed by atoms with Crippen molar-refractivity contribution in [3.8, 4) is 0 Å². The van der Waals surface area contributed by atoms with Gasteiger partial charge in [0.15, 0.2) is 0 Å². The molecule has 144 valence electrons. The van der Waals surface area contributed by atoms with Crippen molar-refractivity contribution < 1.29 is 9.18 Å². The van der Waals surface area contributed by atoms with Crippen molar-refractivity contribution in [1.82, 2.24) is 8.51 Å². The molecule has 0 saturated heterocycles. The van der Waals surface area contributed by atoms with Crippen LogP contribution in [0.5, 0.6) is 0 Å². The molecule has 1 N–H and O–H groups in total. The third-order valence-corrected chi connectivity index (χ3v) is 8.20. The quantitative estimate of drug-likeness (QED) is 0.447. The molecule has 0 radical (unpaired) electrons. The van der Waals surface area contributed by atoms with E-state index in [0.717, 1.165) is 36.6 Å². The molecule has 3 nitrogen and oxygen atoms in total. The van der Waals surface area contributed by atoms with Gasteiger partial charge in [-0.3, -0.25) is 13.3 Å². The number of amides is 1. The molecule has 2 saturated carbocycles. The molecule has 2 fully saturated rings. The zero-order valence-electron chi connectivity index (χ0n) is 16.1. The van der Waals surface area contributed by atoms with Crippen LogP contribution >= 0.6 is 22.9 Å². The monoisotopic (exact) mass is 480 g/mol. The lowest BCUT2D eigenvalue weighted by Gasteiger charge is -2.34. The van der Waals surface area contributed by atoms with E-state index < -0.39 is 0 Å². The van der Waals surface area contributed by atoms with Crippen molar-refractivity contribution in [2.45, 2.75) is 52.4 Å². The number of aromatic nitrogens is 1. The molecule has 0 bridgehead atoms. The number of rotatable bonds is 3. The Balaban J connectivity index is 1.63. The zero-order valence-corrected chi connectivity index (χ0v) is 18.2. The number of halogens is 2. The Labute approximate surface area is 174 Å². The largest absolute Gasteiger partial charge is 0.299 e. The highest BCUT2D eigenvalue weighted by atomic mass is 127. The standard InChI is InChI=1S/C22H26FIN2O/c1-13(20(27)26-24)14-9-21(2)11-15(12-22(21,3)10-14)17-6-7-25-19-5-4-16(23)8-18(17)19/h4-8,13-15H,9-12H2,1-3H3,(H,26,27)/t13?,14-,15+,21-,22+. The van der Waals surface area contributed by atoms with Crippen LogP contribution in [0, 0.1) is 28.5 Å². The van der Waals surface area contributed by atoms with Gasteiger partial charge in [0.25, 0.3) is 0 Å². The molecule has 1 unspecified atom stereocenters. The van der Waals surface area contributed by atoms with Gasteiger partial charge in [-0.1, -0.05) is 20.8 Å². The summed E-state index contributed by atoms with van der Waals surface area (Å²) in [4.78, 5) is 16.5. The van der Waals surface area contributed by atoms with Crippen molar-refractivity contribution in [2.24, 2.45) is 22.7 Å². The van der Waals surface area contributed by atoms with Crippen molar-refractivity contribution in [2.75, 3.05) is 0 Å². The van der Waals surface area contributed by atoms with Gasteiger partial charge in [-0.2, -0.15) is 0 Å². The minimum absolute atomic E-state index is 0.0513. The molecule has 0 spiro atoms. The van der Waals surface area contributed by atoms with Crippen LogP contribution in [0.25, 0.3) is 10.9 Å². The second-order valence-electron chi connectivity index (χ2n) is 9.20. The summed E-state index contributed by atoms with van der Waals surface area (Å²) < 4.78 is 16.6. The number of hydrogen-bond donors (Lipinski definition) is 1. The smallest absolute Gasteiger partial charge is 0.231 e. The van der Waals surface area contributed by atoms with Crippen LogP contribution in [0.15, 0.2) is 30.5 Å². The van der Waals surface area contributed by atoms with Gasteiger partial charge in [0.05, 0.1) is 28.4 Å². The molecular formula is C22H26FIN2O. The lowest BCUT2D eigenvalue weighted by atomic mass is 9.71.